The van der Waals surface area contributed by atoms with Crippen molar-refractivity contribution in [3.63, 3.8) is 0 Å². The Morgan fingerprint density at radius 1 is 1.38 bits per heavy atom. The summed E-state index contributed by atoms with van der Waals surface area (Å²) in [4.78, 5) is 0. The van der Waals surface area contributed by atoms with Crippen LogP contribution in [0, 0.1) is 0 Å². The van der Waals surface area contributed by atoms with Gasteiger partial charge in [0.2, 0.25) is 0 Å². The second kappa shape index (κ2) is 3.56. The van der Waals surface area contributed by atoms with Crippen molar-refractivity contribution in [2.24, 2.45) is 0 Å². The molecule has 2 saturated heterocycles. The Hall–Kier alpha value is -0.120. The molecule has 2 rings (SSSR count). The molecule has 0 aromatic rings. The first-order valence-corrected chi connectivity index (χ1v) is 5.29. The molecular weight excluding hydrogens is 164 g/mol. The number of nitrogens with one attached hydrogen (secondary N) is 2. The smallest absolute Gasteiger partial charge is 0.0779 e. The van der Waals surface area contributed by atoms with Crippen LogP contribution in [0.1, 0.15) is 26.7 Å². The largest absolute Gasteiger partial charge is 0.374 e. The second-order valence-corrected chi connectivity index (χ2v) is 4.65. The normalized spacial score (nSPS) is 38.3. The molecule has 0 radical (unpaired) electrons. The predicted molar refractivity (Wildman–Crippen MR) is 52.8 cm³/mol. The predicted octanol–water partition coefficient (Wildman–Crippen LogP) is 0.505. The summed E-state index contributed by atoms with van der Waals surface area (Å²) in [5.74, 6) is 0. The monoisotopic (exact) mass is 184 g/mol. The molecule has 0 aliphatic carbocycles. The van der Waals surface area contributed by atoms with E-state index < -0.39 is 0 Å². The van der Waals surface area contributed by atoms with Crippen LogP contribution in [0.15, 0.2) is 0 Å². The molecule has 76 valence electrons. The maximum absolute atomic E-state index is 5.68. The Morgan fingerprint density at radius 2 is 2.23 bits per heavy atom. The Morgan fingerprint density at radius 3 is 2.77 bits per heavy atom. The summed E-state index contributed by atoms with van der Waals surface area (Å²) in [7, 11) is 0. The highest BCUT2D eigenvalue weighted by Crippen LogP contribution is 2.25. The highest BCUT2D eigenvalue weighted by atomic mass is 16.5. The molecule has 0 aromatic carbocycles. The first-order chi connectivity index (χ1) is 6.18. The number of hydrogen-bond acceptors (Lipinski definition) is 3. The Labute approximate surface area is 80.2 Å². The van der Waals surface area contributed by atoms with E-state index in [0.717, 1.165) is 26.1 Å². The van der Waals surface area contributed by atoms with Crippen LogP contribution in [0.5, 0.6) is 0 Å². The van der Waals surface area contributed by atoms with Gasteiger partial charge < -0.3 is 15.4 Å². The summed E-state index contributed by atoms with van der Waals surface area (Å²) in [6.45, 7) is 7.54. The van der Waals surface area contributed by atoms with E-state index >= 15 is 0 Å². The van der Waals surface area contributed by atoms with E-state index in [4.69, 9.17) is 4.74 Å². The van der Waals surface area contributed by atoms with Crippen molar-refractivity contribution in [2.75, 3.05) is 19.7 Å². The zero-order chi connectivity index (χ0) is 9.31. The fraction of sp³-hybridized carbons (Fsp3) is 1.00. The Kier molecular flexibility index (Phi) is 2.58. The van der Waals surface area contributed by atoms with Crippen molar-refractivity contribution in [1.82, 2.24) is 10.6 Å². The first-order valence-electron chi connectivity index (χ1n) is 5.29. The van der Waals surface area contributed by atoms with E-state index in [1.807, 2.05) is 0 Å². The molecule has 13 heavy (non-hydrogen) atoms. The average molecular weight is 184 g/mol. The maximum atomic E-state index is 5.68. The van der Waals surface area contributed by atoms with Crippen molar-refractivity contribution < 1.29 is 4.74 Å². The lowest BCUT2D eigenvalue weighted by Gasteiger charge is -2.29. The lowest BCUT2D eigenvalue weighted by molar-refractivity contribution is 0.0199. The number of rotatable bonds is 2. The minimum Gasteiger partial charge on any atom is -0.374 e. The van der Waals surface area contributed by atoms with Crippen LogP contribution in [0.25, 0.3) is 0 Å². The zero-order valence-corrected chi connectivity index (χ0v) is 8.60. The van der Waals surface area contributed by atoms with E-state index in [-0.39, 0.29) is 5.60 Å². The number of hydrogen-bond donors (Lipinski definition) is 2. The van der Waals surface area contributed by atoms with E-state index in [0.29, 0.717) is 12.1 Å². The third-order valence-corrected chi connectivity index (χ3v) is 3.22. The van der Waals surface area contributed by atoms with Crippen LogP contribution >= 0.6 is 0 Å². The van der Waals surface area contributed by atoms with Gasteiger partial charge in [-0.25, -0.2) is 0 Å². The lowest BCUT2D eigenvalue weighted by Crippen LogP contribution is -2.48. The van der Waals surface area contributed by atoms with Crippen molar-refractivity contribution in [1.29, 1.82) is 0 Å². The highest BCUT2D eigenvalue weighted by molar-refractivity contribution is 4.93. The van der Waals surface area contributed by atoms with E-state index in [1.54, 1.807) is 0 Å². The zero-order valence-electron chi connectivity index (χ0n) is 8.60. The van der Waals surface area contributed by atoms with Gasteiger partial charge in [-0.1, -0.05) is 0 Å². The molecule has 2 atom stereocenters. The second-order valence-electron chi connectivity index (χ2n) is 4.65. The van der Waals surface area contributed by atoms with Crippen LogP contribution in [-0.2, 0) is 4.74 Å². The van der Waals surface area contributed by atoms with Gasteiger partial charge in [-0.05, 0) is 33.2 Å². The quantitative estimate of drug-likeness (QED) is 0.656. The van der Waals surface area contributed by atoms with Gasteiger partial charge in [0, 0.05) is 25.2 Å². The van der Waals surface area contributed by atoms with E-state index in [2.05, 4.69) is 24.5 Å². The molecular formula is C10H20N2O. The summed E-state index contributed by atoms with van der Waals surface area (Å²) in [5, 5.41) is 7.05. The summed E-state index contributed by atoms with van der Waals surface area (Å²) in [6, 6.07) is 1.20. The highest BCUT2D eigenvalue weighted by Gasteiger charge is 2.36. The van der Waals surface area contributed by atoms with E-state index in [9.17, 15) is 0 Å². The van der Waals surface area contributed by atoms with Crippen molar-refractivity contribution in [3.05, 3.63) is 0 Å². The van der Waals surface area contributed by atoms with Crippen LogP contribution in [0.2, 0.25) is 0 Å². The number of ether oxygens (including phenoxy) is 1. The molecule has 0 saturated carbocycles. The standard InChI is InChI=1S/C10H20N2O/c1-10(2)9(4-6-13-10)12-8-3-5-11-7-8/h8-9,11-12H,3-7H2,1-2H3. The summed E-state index contributed by atoms with van der Waals surface area (Å²) in [5.41, 5.74) is 0.0303. The summed E-state index contributed by atoms with van der Waals surface area (Å²) < 4.78 is 5.68. The Bertz CT molecular complexity index is 176. The SMILES string of the molecule is CC1(C)OCCC1NC1CCNC1. The molecule has 2 heterocycles. The molecule has 2 N–H and O–H groups in total. The van der Waals surface area contributed by atoms with Crippen LogP contribution < -0.4 is 10.6 Å². The first kappa shape index (κ1) is 9.44. The maximum Gasteiger partial charge on any atom is 0.0779 e. The fourth-order valence-corrected chi connectivity index (χ4v) is 2.25. The van der Waals surface area contributed by atoms with Crippen LogP contribution in [0.3, 0.4) is 0 Å². The molecule has 0 aromatic heterocycles. The average Bonchev–Trinajstić information content (AvgIpc) is 2.63. The topological polar surface area (TPSA) is 33.3 Å². The van der Waals surface area contributed by atoms with Crippen molar-refractivity contribution in [3.8, 4) is 0 Å². The third kappa shape index (κ3) is 2.03. The molecule has 2 aliphatic heterocycles. The minimum absolute atomic E-state index is 0.0303. The molecule has 3 nitrogen and oxygen atoms in total. The molecule has 0 spiro atoms. The fourth-order valence-electron chi connectivity index (χ4n) is 2.25. The van der Waals surface area contributed by atoms with E-state index in [1.165, 1.54) is 6.42 Å². The van der Waals surface area contributed by atoms with Gasteiger partial charge in [0.15, 0.2) is 0 Å². The summed E-state index contributed by atoms with van der Waals surface area (Å²) in [6.07, 6.45) is 2.41. The van der Waals surface area contributed by atoms with Gasteiger partial charge in [0.25, 0.3) is 0 Å². The van der Waals surface area contributed by atoms with Gasteiger partial charge in [-0.15, -0.1) is 0 Å². The van der Waals surface area contributed by atoms with Crippen LogP contribution in [-0.4, -0.2) is 37.4 Å². The van der Waals surface area contributed by atoms with Crippen molar-refractivity contribution in [2.45, 2.75) is 44.4 Å². The van der Waals surface area contributed by atoms with Gasteiger partial charge in [0.05, 0.1) is 5.60 Å². The minimum atomic E-state index is 0.0303. The molecule has 3 heteroatoms. The lowest BCUT2D eigenvalue weighted by atomic mass is 9.98. The molecule has 2 fully saturated rings. The molecule has 2 unspecified atom stereocenters. The van der Waals surface area contributed by atoms with Gasteiger partial charge in [-0.2, -0.15) is 0 Å². The van der Waals surface area contributed by atoms with Gasteiger partial charge in [0.1, 0.15) is 0 Å². The van der Waals surface area contributed by atoms with Crippen molar-refractivity contribution >= 4 is 0 Å². The summed E-state index contributed by atoms with van der Waals surface area (Å²) >= 11 is 0. The Balaban J connectivity index is 1.86. The van der Waals surface area contributed by atoms with Crippen LogP contribution in [0.4, 0.5) is 0 Å². The molecule has 2 aliphatic rings. The van der Waals surface area contributed by atoms with Gasteiger partial charge >= 0.3 is 0 Å². The molecule has 0 bridgehead atoms. The molecule has 0 amide bonds. The third-order valence-electron chi connectivity index (χ3n) is 3.22. The van der Waals surface area contributed by atoms with Gasteiger partial charge in [-0.3, -0.25) is 0 Å².